The van der Waals surface area contributed by atoms with E-state index in [-0.39, 0.29) is 17.3 Å². The number of aryl methyl sites for hydroxylation is 1. The Bertz CT molecular complexity index is 1750. The molecule has 0 spiro atoms. The number of pyridine rings is 2. The number of benzene rings is 2. The molecule has 0 aliphatic carbocycles. The Balaban J connectivity index is 1.29. The Hall–Kier alpha value is -4.45. The van der Waals surface area contributed by atoms with Gasteiger partial charge in [-0.1, -0.05) is 79.6 Å². The van der Waals surface area contributed by atoms with E-state index in [1.54, 1.807) is 47.9 Å². The molecular formula is C34H35N5O4S2. The van der Waals surface area contributed by atoms with Crippen molar-refractivity contribution in [2.75, 3.05) is 5.32 Å². The van der Waals surface area contributed by atoms with E-state index in [0.29, 0.717) is 12.2 Å². The van der Waals surface area contributed by atoms with Gasteiger partial charge in [-0.3, -0.25) is 5.32 Å². The summed E-state index contributed by atoms with van der Waals surface area (Å²) >= 11 is 1.55. The molecule has 0 saturated carbocycles. The van der Waals surface area contributed by atoms with Crippen LogP contribution in [0.2, 0.25) is 0 Å². The Morgan fingerprint density at radius 1 is 0.822 bits per heavy atom. The summed E-state index contributed by atoms with van der Waals surface area (Å²) in [6, 6.07) is 26.8. The van der Waals surface area contributed by atoms with Crippen molar-refractivity contribution in [1.29, 1.82) is 0 Å². The largest absolute Gasteiger partial charge is 0.480 e. The van der Waals surface area contributed by atoms with E-state index < -0.39 is 27.2 Å². The van der Waals surface area contributed by atoms with E-state index in [1.807, 2.05) is 47.8 Å². The van der Waals surface area contributed by atoms with E-state index in [2.05, 4.69) is 37.7 Å². The number of nitrogens with zero attached hydrogens (tertiary/aromatic N) is 3. The Kier molecular flexibility index (Phi) is 11.0. The van der Waals surface area contributed by atoms with E-state index in [4.69, 9.17) is 0 Å². The SMILES string of the molecule is O=C(O)C(CCCCCc1ccccc1)Nc1cccc(C(NCc2ccc(-c3nccs3)cc2)S(=O)(=O)c2ccccn2)n1. The molecule has 5 rings (SSSR count). The summed E-state index contributed by atoms with van der Waals surface area (Å²) in [6.45, 7) is 0.245. The number of carbonyl (C=O) groups is 1. The molecule has 0 fully saturated rings. The Morgan fingerprint density at radius 2 is 1.62 bits per heavy atom. The molecule has 3 heterocycles. The van der Waals surface area contributed by atoms with Crippen LogP contribution in [0.15, 0.2) is 114 Å². The number of anilines is 1. The molecule has 45 heavy (non-hydrogen) atoms. The lowest BCUT2D eigenvalue weighted by molar-refractivity contribution is -0.138. The van der Waals surface area contributed by atoms with Gasteiger partial charge in [0.2, 0.25) is 9.84 Å². The normalized spacial score (nSPS) is 12.8. The standard InChI is InChI=1S/C34H35N5O4S2/c40-34(41)29(13-6-2-5-12-25-10-3-1-4-11-25)39-30-15-9-14-28(38-30)33(45(42,43)31-16-7-8-21-35-31)37-24-26-17-19-27(20-18-26)32-36-22-23-44-32/h1,3-4,7-11,14-23,29,33,37H,2,5-6,12-13,24H2,(H,38,39)(H,40,41). The van der Waals surface area contributed by atoms with Crippen LogP contribution >= 0.6 is 11.3 Å². The molecule has 5 aromatic rings. The number of hydrogen-bond acceptors (Lipinski definition) is 9. The lowest BCUT2D eigenvalue weighted by Crippen LogP contribution is -2.31. The molecule has 3 aromatic heterocycles. The topological polar surface area (TPSA) is 134 Å². The number of aromatic nitrogens is 3. The second-order valence-corrected chi connectivity index (χ2v) is 13.5. The van der Waals surface area contributed by atoms with Crippen molar-refractivity contribution in [2.24, 2.45) is 0 Å². The highest BCUT2D eigenvalue weighted by Gasteiger charge is 2.31. The zero-order chi connectivity index (χ0) is 31.5. The maximum atomic E-state index is 13.8. The summed E-state index contributed by atoms with van der Waals surface area (Å²) in [5, 5.41) is 17.6. The van der Waals surface area contributed by atoms with Gasteiger partial charge in [0.15, 0.2) is 10.4 Å². The fourth-order valence-electron chi connectivity index (χ4n) is 4.96. The predicted octanol–water partition coefficient (Wildman–Crippen LogP) is 6.53. The third-order valence-corrected chi connectivity index (χ3v) is 10.0. The Morgan fingerprint density at radius 3 is 2.33 bits per heavy atom. The lowest BCUT2D eigenvalue weighted by Gasteiger charge is -2.21. The van der Waals surface area contributed by atoms with Crippen molar-refractivity contribution in [2.45, 2.75) is 55.1 Å². The minimum Gasteiger partial charge on any atom is -0.480 e. The number of thiazole rings is 1. The molecule has 2 aromatic carbocycles. The van der Waals surface area contributed by atoms with Crippen LogP contribution < -0.4 is 10.6 Å². The maximum absolute atomic E-state index is 13.8. The molecule has 9 nitrogen and oxygen atoms in total. The second-order valence-electron chi connectivity index (χ2n) is 10.6. The number of aliphatic carboxylic acids is 1. The van der Waals surface area contributed by atoms with E-state index >= 15 is 0 Å². The molecule has 3 N–H and O–H groups in total. The number of unbranched alkanes of at least 4 members (excludes halogenated alkanes) is 2. The summed E-state index contributed by atoms with van der Waals surface area (Å²) < 4.78 is 27.6. The maximum Gasteiger partial charge on any atom is 0.326 e. The van der Waals surface area contributed by atoms with Gasteiger partial charge in [0.1, 0.15) is 16.9 Å². The summed E-state index contributed by atoms with van der Waals surface area (Å²) in [5.74, 6) is -0.692. The third kappa shape index (κ3) is 8.81. The first-order valence-electron chi connectivity index (χ1n) is 14.8. The van der Waals surface area contributed by atoms with Crippen molar-refractivity contribution < 1.29 is 18.3 Å². The van der Waals surface area contributed by atoms with Crippen LogP contribution in [-0.2, 0) is 27.6 Å². The molecular weight excluding hydrogens is 607 g/mol. The third-order valence-electron chi connectivity index (χ3n) is 7.32. The van der Waals surface area contributed by atoms with Gasteiger partial charge in [0.05, 0.1) is 5.69 Å². The quantitative estimate of drug-likeness (QED) is 0.103. The number of sulfone groups is 1. The molecule has 2 atom stereocenters. The molecule has 2 unspecified atom stereocenters. The predicted molar refractivity (Wildman–Crippen MR) is 176 cm³/mol. The van der Waals surface area contributed by atoms with Gasteiger partial charge in [-0.2, -0.15) is 0 Å². The molecule has 0 aliphatic heterocycles. The summed E-state index contributed by atoms with van der Waals surface area (Å²) in [4.78, 5) is 25.1. The first-order chi connectivity index (χ1) is 21.9. The highest BCUT2D eigenvalue weighted by atomic mass is 32.2. The molecule has 0 saturated heterocycles. The molecule has 232 valence electrons. The second kappa shape index (κ2) is 15.5. The van der Waals surface area contributed by atoms with Crippen LogP contribution in [0.5, 0.6) is 0 Å². The minimum atomic E-state index is -4.01. The van der Waals surface area contributed by atoms with Crippen LogP contribution in [0.25, 0.3) is 10.6 Å². The summed E-state index contributed by atoms with van der Waals surface area (Å²) in [5.41, 5.74) is 3.36. The lowest BCUT2D eigenvalue weighted by atomic mass is 10.0. The van der Waals surface area contributed by atoms with Crippen molar-refractivity contribution >= 4 is 33.0 Å². The average molecular weight is 642 g/mol. The first kappa shape index (κ1) is 32.0. The van der Waals surface area contributed by atoms with Crippen LogP contribution in [0.1, 0.15) is 47.9 Å². The van der Waals surface area contributed by atoms with E-state index in [9.17, 15) is 18.3 Å². The number of rotatable bonds is 16. The van der Waals surface area contributed by atoms with Crippen molar-refractivity contribution in [3.63, 3.8) is 0 Å². The highest BCUT2D eigenvalue weighted by molar-refractivity contribution is 7.91. The zero-order valence-corrected chi connectivity index (χ0v) is 26.3. The average Bonchev–Trinajstić information content (AvgIpc) is 3.61. The summed E-state index contributed by atoms with van der Waals surface area (Å²) in [7, 11) is -4.01. The molecule has 0 aliphatic rings. The molecule has 0 amide bonds. The fraction of sp³-hybridized carbons (Fsp3) is 0.235. The minimum absolute atomic E-state index is 0.0827. The number of carboxylic acids is 1. The smallest absolute Gasteiger partial charge is 0.326 e. The van der Waals surface area contributed by atoms with Crippen LogP contribution in [0.4, 0.5) is 5.82 Å². The highest BCUT2D eigenvalue weighted by Crippen LogP contribution is 2.27. The fourth-order valence-corrected chi connectivity index (χ4v) is 7.08. The van der Waals surface area contributed by atoms with Gasteiger partial charge in [-0.25, -0.2) is 28.2 Å². The van der Waals surface area contributed by atoms with Crippen LogP contribution in [-0.4, -0.2) is 40.5 Å². The number of nitrogens with one attached hydrogen (secondary N) is 2. The number of carboxylic acid groups (broad SMARTS) is 1. The molecule has 0 bridgehead atoms. The van der Waals surface area contributed by atoms with Crippen LogP contribution in [0, 0.1) is 0 Å². The van der Waals surface area contributed by atoms with Crippen LogP contribution in [0.3, 0.4) is 0 Å². The van der Waals surface area contributed by atoms with Crippen molar-refractivity contribution in [3.8, 4) is 10.6 Å². The first-order valence-corrected chi connectivity index (χ1v) is 17.2. The van der Waals surface area contributed by atoms with E-state index in [1.165, 1.54) is 17.8 Å². The van der Waals surface area contributed by atoms with Crippen molar-refractivity contribution in [1.82, 2.24) is 20.3 Å². The van der Waals surface area contributed by atoms with E-state index in [0.717, 1.165) is 41.8 Å². The monoisotopic (exact) mass is 641 g/mol. The number of hydrogen-bond donors (Lipinski definition) is 3. The van der Waals surface area contributed by atoms with Gasteiger partial charge in [-0.05, 0) is 54.7 Å². The van der Waals surface area contributed by atoms with Gasteiger partial charge >= 0.3 is 5.97 Å². The summed E-state index contributed by atoms with van der Waals surface area (Å²) in [6.07, 6.45) is 7.15. The van der Waals surface area contributed by atoms with Gasteiger partial charge in [0.25, 0.3) is 0 Å². The Labute approximate surface area is 267 Å². The molecule has 11 heteroatoms. The van der Waals surface area contributed by atoms with Crippen molar-refractivity contribution in [3.05, 3.63) is 126 Å². The molecule has 0 radical (unpaired) electrons. The van der Waals surface area contributed by atoms with Gasteiger partial charge in [-0.15, -0.1) is 11.3 Å². The zero-order valence-electron chi connectivity index (χ0n) is 24.6. The van der Waals surface area contributed by atoms with Gasteiger partial charge < -0.3 is 10.4 Å². The van der Waals surface area contributed by atoms with Gasteiger partial charge in [0, 0.05) is 29.9 Å².